The summed E-state index contributed by atoms with van der Waals surface area (Å²) in [6.07, 6.45) is 3.74. The van der Waals surface area contributed by atoms with Gasteiger partial charge in [-0.05, 0) is 0 Å². The molecule has 0 radical (unpaired) electrons. The number of amides is 2. The molecule has 0 bridgehead atoms. The summed E-state index contributed by atoms with van der Waals surface area (Å²) in [5.74, 6) is -0.277. The quantitative estimate of drug-likeness (QED) is 0.569. The summed E-state index contributed by atoms with van der Waals surface area (Å²) in [6, 6.07) is 0. The Balaban J connectivity index is 2.09. The third-order valence-electron chi connectivity index (χ3n) is 1.91. The lowest BCUT2D eigenvalue weighted by Crippen LogP contribution is -2.31. The summed E-state index contributed by atoms with van der Waals surface area (Å²) in [5, 5.41) is 7.25. The van der Waals surface area contributed by atoms with Crippen molar-refractivity contribution in [2.75, 3.05) is 0 Å². The lowest BCUT2D eigenvalue weighted by atomic mass is 10.4. The van der Waals surface area contributed by atoms with Crippen LogP contribution in [0.25, 0.3) is 0 Å². The summed E-state index contributed by atoms with van der Waals surface area (Å²) >= 11 is 0. The molecule has 2 heterocycles. The van der Waals surface area contributed by atoms with Crippen LogP contribution in [0.4, 0.5) is 0 Å². The van der Waals surface area contributed by atoms with Crippen molar-refractivity contribution in [3.05, 3.63) is 12.4 Å². The number of carbonyl (C=O) groups excluding carboxylic acids is 2. The van der Waals surface area contributed by atoms with Crippen LogP contribution in [0.1, 0.15) is 12.8 Å². The lowest BCUT2D eigenvalue weighted by Gasteiger charge is -2.12. The molecule has 0 aromatic carbocycles. The van der Waals surface area contributed by atoms with Crippen molar-refractivity contribution in [1.82, 2.24) is 19.9 Å². The molecule has 1 aromatic heterocycles. The Labute approximate surface area is 74.1 Å². The van der Waals surface area contributed by atoms with Gasteiger partial charge in [-0.15, -0.1) is 5.10 Å². The van der Waals surface area contributed by atoms with Crippen LogP contribution in [0.15, 0.2) is 12.4 Å². The smallest absolute Gasteiger partial charge is 0.231 e. The summed E-state index contributed by atoms with van der Waals surface area (Å²) < 4.78 is 1.45. The molecule has 1 fully saturated rings. The fraction of sp³-hybridized carbons (Fsp3) is 0.429. The van der Waals surface area contributed by atoms with E-state index in [1.807, 2.05) is 0 Å². The van der Waals surface area contributed by atoms with Gasteiger partial charge in [-0.1, -0.05) is 5.21 Å². The minimum absolute atomic E-state index is 0.138. The van der Waals surface area contributed by atoms with Crippen molar-refractivity contribution in [2.24, 2.45) is 0 Å². The minimum Gasteiger partial charge on any atom is -0.274 e. The number of carbonyl (C=O) groups is 2. The number of hydrogen-bond donors (Lipinski definition) is 0. The molecule has 13 heavy (non-hydrogen) atoms. The molecule has 68 valence electrons. The molecule has 6 heteroatoms. The Morgan fingerprint density at radius 2 is 2.00 bits per heavy atom. The maximum absolute atomic E-state index is 11.2. The highest BCUT2D eigenvalue weighted by Crippen LogP contribution is 2.11. The zero-order valence-electron chi connectivity index (χ0n) is 6.88. The van der Waals surface area contributed by atoms with E-state index in [4.69, 9.17) is 0 Å². The van der Waals surface area contributed by atoms with Gasteiger partial charge in [0.25, 0.3) is 0 Å². The third-order valence-corrected chi connectivity index (χ3v) is 1.91. The molecule has 1 aliphatic rings. The Kier molecular flexibility index (Phi) is 1.80. The Morgan fingerprint density at radius 1 is 1.31 bits per heavy atom. The van der Waals surface area contributed by atoms with Gasteiger partial charge in [-0.2, -0.15) is 0 Å². The van der Waals surface area contributed by atoms with Crippen LogP contribution >= 0.6 is 0 Å². The predicted octanol–water partition coefficient (Wildman–Crippen LogP) is -0.615. The monoisotopic (exact) mass is 180 g/mol. The van der Waals surface area contributed by atoms with E-state index in [1.54, 1.807) is 6.20 Å². The van der Waals surface area contributed by atoms with E-state index in [2.05, 4.69) is 10.3 Å². The van der Waals surface area contributed by atoms with E-state index < -0.39 is 0 Å². The maximum Gasteiger partial charge on any atom is 0.231 e. The Bertz CT molecular complexity index is 316. The van der Waals surface area contributed by atoms with Crippen LogP contribution < -0.4 is 0 Å². The lowest BCUT2D eigenvalue weighted by molar-refractivity contribution is -0.140. The highest BCUT2D eigenvalue weighted by atomic mass is 16.2. The van der Waals surface area contributed by atoms with E-state index in [0.29, 0.717) is 12.8 Å². The number of imide groups is 1. The molecule has 0 unspecified atom stereocenters. The van der Waals surface area contributed by atoms with Crippen molar-refractivity contribution in [1.29, 1.82) is 0 Å². The second kappa shape index (κ2) is 2.96. The molecule has 2 rings (SSSR count). The number of aromatic nitrogens is 3. The summed E-state index contributed by atoms with van der Waals surface area (Å²) in [5.41, 5.74) is 0. The largest absolute Gasteiger partial charge is 0.274 e. The van der Waals surface area contributed by atoms with E-state index in [0.717, 1.165) is 0 Å². The minimum atomic E-state index is -0.138. The van der Waals surface area contributed by atoms with Crippen LogP contribution in [0.2, 0.25) is 0 Å². The van der Waals surface area contributed by atoms with E-state index in [1.165, 1.54) is 15.8 Å². The van der Waals surface area contributed by atoms with Crippen molar-refractivity contribution in [3.8, 4) is 0 Å². The molecule has 0 atom stereocenters. The molecule has 2 amide bonds. The van der Waals surface area contributed by atoms with Gasteiger partial charge in [0.05, 0.1) is 6.20 Å². The fourth-order valence-electron chi connectivity index (χ4n) is 1.23. The topological polar surface area (TPSA) is 68.1 Å². The molecule has 0 N–H and O–H groups in total. The van der Waals surface area contributed by atoms with Gasteiger partial charge in [0.2, 0.25) is 11.8 Å². The zero-order valence-corrected chi connectivity index (χ0v) is 6.88. The van der Waals surface area contributed by atoms with E-state index >= 15 is 0 Å². The Hall–Kier alpha value is -1.72. The average Bonchev–Trinajstić information content (AvgIpc) is 2.70. The van der Waals surface area contributed by atoms with Crippen molar-refractivity contribution >= 4 is 11.8 Å². The molecule has 0 spiro atoms. The number of likely N-dealkylation sites (tertiary alicyclic amines) is 1. The van der Waals surface area contributed by atoms with Gasteiger partial charge in [-0.3, -0.25) is 14.5 Å². The van der Waals surface area contributed by atoms with Crippen molar-refractivity contribution in [2.45, 2.75) is 19.5 Å². The van der Waals surface area contributed by atoms with Crippen LogP contribution in [-0.2, 0) is 16.3 Å². The van der Waals surface area contributed by atoms with Crippen molar-refractivity contribution < 1.29 is 9.59 Å². The fourth-order valence-corrected chi connectivity index (χ4v) is 1.23. The van der Waals surface area contributed by atoms with E-state index in [-0.39, 0.29) is 18.5 Å². The molecule has 1 aliphatic heterocycles. The van der Waals surface area contributed by atoms with Crippen LogP contribution in [-0.4, -0.2) is 31.7 Å². The first-order chi connectivity index (χ1) is 6.27. The summed E-state index contributed by atoms with van der Waals surface area (Å²) in [7, 11) is 0. The van der Waals surface area contributed by atoms with Gasteiger partial charge >= 0.3 is 0 Å². The highest BCUT2D eigenvalue weighted by molar-refractivity contribution is 6.01. The molecule has 0 saturated carbocycles. The van der Waals surface area contributed by atoms with Crippen molar-refractivity contribution in [3.63, 3.8) is 0 Å². The van der Waals surface area contributed by atoms with E-state index in [9.17, 15) is 9.59 Å². The highest BCUT2D eigenvalue weighted by Gasteiger charge is 2.28. The zero-order chi connectivity index (χ0) is 9.26. The molecular weight excluding hydrogens is 172 g/mol. The molecule has 0 aliphatic carbocycles. The normalized spacial score (nSPS) is 17.1. The first-order valence-electron chi connectivity index (χ1n) is 3.94. The number of nitrogens with zero attached hydrogens (tertiary/aromatic N) is 4. The second-order valence-electron chi connectivity index (χ2n) is 2.80. The molecular formula is C7H8N4O2. The predicted molar refractivity (Wildman–Crippen MR) is 41.1 cm³/mol. The maximum atomic E-state index is 11.2. The third kappa shape index (κ3) is 1.42. The van der Waals surface area contributed by atoms with Gasteiger partial charge < -0.3 is 0 Å². The molecule has 1 saturated heterocycles. The second-order valence-corrected chi connectivity index (χ2v) is 2.80. The summed E-state index contributed by atoms with van der Waals surface area (Å²) in [6.45, 7) is 0.178. The van der Waals surface area contributed by atoms with Crippen LogP contribution in [0, 0.1) is 0 Å². The number of rotatable bonds is 2. The first-order valence-corrected chi connectivity index (χ1v) is 3.94. The molecule has 1 aromatic rings. The van der Waals surface area contributed by atoms with Crippen LogP contribution in [0.3, 0.4) is 0 Å². The van der Waals surface area contributed by atoms with Gasteiger partial charge in [-0.25, -0.2) is 4.68 Å². The summed E-state index contributed by atoms with van der Waals surface area (Å²) in [4.78, 5) is 23.5. The first kappa shape index (κ1) is 7.90. The van der Waals surface area contributed by atoms with Gasteiger partial charge in [0, 0.05) is 19.0 Å². The average molecular weight is 180 g/mol. The van der Waals surface area contributed by atoms with Gasteiger partial charge in [0.15, 0.2) is 0 Å². The molecule has 6 nitrogen and oxygen atoms in total. The Morgan fingerprint density at radius 3 is 2.54 bits per heavy atom. The standard InChI is InChI=1S/C7H8N4O2/c12-6-1-2-7(13)11(6)5-10-4-3-8-9-10/h3-4H,1-2,5H2. The number of hydrogen-bond acceptors (Lipinski definition) is 4. The SMILES string of the molecule is O=C1CCC(=O)N1Cn1ccnn1. The van der Waals surface area contributed by atoms with Crippen LogP contribution in [0.5, 0.6) is 0 Å². The van der Waals surface area contributed by atoms with Gasteiger partial charge in [0.1, 0.15) is 6.67 Å².